The number of aliphatic hydroxyl groups excluding tert-OH is 1. The first kappa shape index (κ1) is 15.5. The largest absolute Gasteiger partial charge is 0.396 e. The number of fused-ring (bicyclic) bond motifs is 1. The van der Waals surface area contributed by atoms with Gasteiger partial charge in [0.2, 0.25) is 5.91 Å². The fourth-order valence-electron chi connectivity index (χ4n) is 2.42. The third-order valence-electron chi connectivity index (χ3n) is 3.46. The van der Waals surface area contributed by atoms with Crippen LogP contribution in [0.1, 0.15) is 36.1 Å². The van der Waals surface area contributed by atoms with Gasteiger partial charge in [-0.3, -0.25) is 4.79 Å². The average molecular weight is 290 g/mol. The number of rotatable bonds is 7. The van der Waals surface area contributed by atoms with Gasteiger partial charge < -0.3 is 14.9 Å². The highest BCUT2D eigenvalue weighted by atomic mass is 16.5. The second kappa shape index (κ2) is 7.22. The van der Waals surface area contributed by atoms with Crippen molar-refractivity contribution in [1.82, 2.24) is 10.5 Å². The highest BCUT2D eigenvalue weighted by Crippen LogP contribution is 2.23. The number of unbranched alkanes of at least 4 members (excludes halogenated alkanes) is 2. The van der Waals surface area contributed by atoms with Crippen molar-refractivity contribution in [3.8, 4) is 0 Å². The first-order valence-corrected chi connectivity index (χ1v) is 7.35. The second-order valence-electron chi connectivity index (χ2n) is 5.40. The van der Waals surface area contributed by atoms with Crippen LogP contribution in [0.4, 0.5) is 0 Å². The van der Waals surface area contributed by atoms with Crippen LogP contribution in [0.15, 0.2) is 16.7 Å². The van der Waals surface area contributed by atoms with Crippen molar-refractivity contribution in [2.75, 3.05) is 13.2 Å². The van der Waals surface area contributed by atoms with E-state index in [-0.39, 0.29) is 18.9 Å². The van der Waals surface area contributed by atoms with Crippen molar-refractivity contribution in [3.05, 3.63) is 29.0 Å². The quantitative estimate of drug-likeness (QED) is 0.767. The predicted octanol–water partition coefficient (Wildman–Crippen LogP) is 2.27. The molecule has 114 valence electrons. The minimum Gasteiger partial charge on any atom is -0.396 e. The van der Waals surface area contributed by atoms with Crippen LogP contribution in [0.3, 0.4) is 0 Å². The van der Waals surface area contributed by atoms with Crippen LogP contribution in [-0.4, -0.2) is 29.3 Å². The molecule has 5 nitrogen and oxygen atoms in total. The Kier molecular flexibility index (Phi) is 5.33. The first-order valence-electron chi connectivity index (χ1n) is 7.35. The van der Waals surface area contributed by atoms with Gasteiger partial charge in [-0.25, -0.2) is 0 Å². The molecule has 0 aliphatic heterocycles. The zero-order valence-corrected chi connectivity index (χ0v) is 12.6. The van der Waals surface area contributed by atoms with Crippen LogP contribution in [-0.2, 0) is 11.2 Å². The maximum Gasteiger partial charge on any atom is 0.226 e. The van der Waals surface area contributed by atoms with E-state index in [0.29, 0.717) is 12.2 Å². The smallest absolute Gasteiger partial charge is 0.226 e. The molecule has 0 aliphatic rings. The van der Waals surface area contributed by atoms with E-state index in [2.05, 4.69) is 10.5 Å². The fraction of sp³-hybridized carbons (Fsp3) is 0.500. The van der Waals surface area contributed by atoms with Crippen LogP contribution in [0.5, 0.6) is 0 Å². The molecule has 0 radical (unpaired) electrons. The summed E-state index contributed by atoms with van der Waals surface area (Å²) in [7, 11) is 0. The van der Waals surface area contributed by atoms with Crippen LogP contribution in [0, 0.1) is 13.8 Å². The summed E-state index contributed by atoms with van der Waals surface area (Å²) in [4.78, 5) is 11.9. The molecule has 0 aliphatic carbocycles. The van der Waals surface area contributed by atoms with Crippen molar-refractivity contribution in [2.24, 2.45) is 0 Å². The van der Waals surface area contributed by atoms with Gasteiger partial charge >= 0.3 is 0 Å². The number of aromatic nitrogens is 1. The van der Waals surface area contributed by atoms with E-state index in [1.54, 1.807) is 0 Å². The number of aryl methyl sites for hydroxylation is 2. The van der Waals surface area contributed by atoms with E-state index in [1.165, 1.54) is 0 Å². The number of hydrogen-bond donors (Lipinski definition) is 2. The molecule has 1 aromatic carbocycles. The Bertz CT molecular complexity index is 619. The van der Waals surface area contributed by atoms with Gasteiger partial charge in [0.15, 0.2) is 5.58 Å². The summed E-state index contributed by atoms with van der Waals surface area (Å²) in [6.07, 6.45) is 2.81. The summed E-state index contributed by atoms with van der Waals surface area (Å²) in [6.45, 7) is 4.83. The molecule has 0 spiro atoms. The minimum absolute atomic E-state index is 0.0478. The molecule has 0 atom stereocenters. The maximum atomic E-state index is 11.9. The Hall–Kier alpha value is -1.88. The normalized spacial score (nSPS) is 11.0. The number of nitrogens with one attached hydrogen (secondary N) is 1. The maximum absolute atomic E-state index is 11.9. The van der Waals surface area contributed by atoms with Gasteiger partial charge in [-0.15, -0.1) is 0 Å². The summed E-state index contributed by atoms with van der Waals surface area (Å²) in [5.74, 6) is -0.0478. The van der Waals surface area contributed by atoms with Crippen molar-refractivity contribution in [1.29, 1.82) is 0 Å². The van der Waals surface area contributed by atoms with Crippen molar-refractivity contribution in [2.45, 2.75) is 39.5 Å². The van der Waals surface area contributed by atoms with Gasteiger partial charge in [0, 0.05) is 18.5 Å². The third-order valence-corrected chi connectivity index (χ3v) is 3.46. The highest BCUT2D eigenvalue weighted by Gasteiger charge is 2.14. The minimum atomic E-state index is -0.0478. The molecular formula is C16H22N2O3. The molecule has 2 rings (SSSR count). The number of benzene rings is 1. The lowest BCUT2D eigenvalue weighted by atomic mass is 10.1. The Morgan fingerprint density at radius 3 is 2.86 bits per heavy atom. The van der Waals surface area contributed by atoms with E-state index in [0.717, 1.165) is 41.4 Å². The molecule has 0 fully saturated rings. The van der Waals surface area contributed by atoms with E-state index < -0.39 is 0 Å². The number of carbonyl (C=O) groups is 1. The molecule has 5 heteroatoms. The Labute approximate surface area is 124 Å². The lowest BCUT2D eigenvalue weighted by Gasteiger charge is -2.03. The number of amides is 1. The van der Waals surface area contributed by atoms with Gasteiger partial charge in [-0.2, -0.15) is 0 Å². The lowest BCUT2D eigenvalue weighted by Crippen LogP contribution is -2.26. The molecule has 1 aromatic heterocycles. The molecule has 0 bridgehead atoms. The summed E-state index contributed by atoms with van der Waals surface area (Å²) in [5, 5.41) is 16.5. The SMILES string of the molecule is Cc1cc(C)c2onc(CC(=O)NCCCCCO)c2c1. The van der Waals surface area contributed by atoms with E-state index >= 15 is 0 Å². The molecule has 21 heavy (non-hydrogen) atoms. The van der Waals surface area contributed by atoms with Crippen LogP contribution < -0.4 is 5.32 Å². The van der Waals surface area contributed by atoms with Gasteiger partial charge in [-0.05, 0) is 50.3 Å². The van der Waals surface area contributed by atoms with E-state index in [9.17, 15) is 4.79 Å². The van der Waals surface area contributed by atoms with Crippen molar-refractivity contribution < 1.29 is 14.4 Å². The van der Waals surface area contributed by atoms with E-state index in [4.69, 9.17) is 9.63 Å². The summed E-state index contributed by atoms with van der Waals surface area (Å²) in [5.41, 5.74) is 3.61. The number of aliphatic hydroxyl groups is 1. The molecule has 1 amide bonds. The topological polar surface area (TPSA) is 75.4 Å². The first-order chi connectivity index (χ1) is 10.1. The monoisotopic (exact) mass is 290 g/mol. The average Bonchev–Trinajstić information content (AvgIpc) is 2.82. The molecular weight excluding hydrogens is 268 g/mol. The Morgan fingerprint density at radius 1 is 1.29 bits per heavy atom. The number of carbonyl (C=O) groups excluding carboxylic acids is 1. The van der Waals surface area contributed by atoms with Crippen LogP contribution in [0.2, 0.25) is 0 Å². The predicted molar refractivity (Wildman–Crippen MR) is 81.1 cm³/mol. The summed E-state index contributed by atoms with van der Waals surface area (Å²) < 4.78 is 5.34. The number of hydrogen-bond acceptors (Lipinski definition) is 4. The number of nitrogens with zero attached hydrogens (tertiary/aromatic N) is 1. The van der Waals surface area contributed by atoms with Crippen LogP contribution >= 0.6 is 0 Å². The molecule has 0 saturated heterocycles. The van der Waals surface area contributed by atoms with Gasteiger partial charge in [0.25, 0.3) is 0 Å². The summed E-state index contributed by atoms with van der Waals surface area (Å²) in [6, 6.07) is 4.04. The molecule has 0 saturated carbocycles. The second-order valence-corrected chi connectivity index (χ2v) is 5.40. The fourth-order valence-corrected chi connectivity index (χ4v) is 2.42. The standard InChI is InChI=1S/C16H22N2O3/c1-11-8-12(2)16-13(9-11)14(18-21-16)10-15(20)17-6-4-3-5-7-19/h8-9,19H,3-7,10H2,1-2H3,(H,17,20). The zero-order chi connectivity index (χ0) is 15.2. The van der Waals surface area contributed by atoms with Gasteiger partial charge in [0.05, 0.1) is 6.42 Å². The molecule has 1 heterocycles. The Morgan fingerprint density at radius 2 is 2.10 bits per heavy atom. The van der Waals surface area contributed by atoms with Crippen molar-refractivity contribution in [3.63, 3.8) is 0 Å². The lowest BCUT2D eigenvalue weighted by molar-refractivity contribution is -0.120. The zero-order valence-electron chi connectivity index (χ0n) is 12.6. The van der Waals surface area contributed by atoms with E-state index in [1.807, 2.05) is 26.0 Å². The highest BCUT2D eigenvalue weighted by molar-refractivity contribution is 5.88. The van der Waals surface area contributed by atoms with Crippen molar-refractivity contribution >= 4 is 16.9 Å². The Balaban J connectivity index is 1.95. The van der Waals surface area contributed by atoms with Gasteiger partial charge in [-0.1, -0.05) is 11.2 Å². The molecule has 2 aromatic rings. The van der Waals surface area contributed by atoms with Crippen LogP contribution in [0.25, 0.3) is 11.0 Å². The molecule has 2 N–H and O–H groups in total. The third kappa shape index (κ3) is 4.04. The van der Waals surface area contributed by atoms with Gasteiger partial charge in [0.1, 0.15) is 5.69 Å². The molecule has 0 unspecified atom stereocenters. The summed E-state index contributed by atoms with van der Waals surface area (Å²) >= 11 is 0.